The molecule has 0 rings (SSSR count). The monoisotopic (exact) mass is 1170 g/mol. The number of likely N-dealkylation sites (N-methyl/N-ethyl adjacent to an activating group) is 2. The third-order valence-electron chi connectivity index (χ3n) is 15.9. The van der Waals surface area contributed by atoms with Gasteiger partial charge in [-0.3, -0.25) is 0 Å². The van der Waals surface area contributed by atoms with Crippen LogP contribution in [0.25, 0.3) is 0 Å². The van der Waals surface area contributed by atoms with E-state index in [1.54, 1.807) is 0 Å². The number of carboxylic acids is 2. The summed E-state index contributed by atoms with van der Waals surface area (Å²) in [6.07, 6.45) is 42.0. The highest BCUT2D eigenvalue weighted by Gasteiger charge is 2.31. The molecule has 0 saturated heterocycles. The Kier molecular flexibility index (Phi) is 60.7. The van der Waals surface area contributed by atoms with E-state index in [0.717, 1.165) is 35.3 Å². The van der Waals surface area contributed by atoms with Crippen molar-refractivity contribution < 1.29 is 84.6 Å². The van der Waals surface area contributed by atoms with E-state index in [1.165, 1.54) is 270 Å². The van der Waals surface area contributed by atoms with Gasteiger partial charge in [-0.25, -0.2) is 0 Å². The number of unbranched alkanes of at least 4 members (excludes halogenated alkanes) is 38. The molecule has 17 nitrogen and oxygen atoms in total. The molecule has 0 aromatic carbocycles. The zero-order valence-electron chi connectivity index (χ0n) is 53.0. The average Bonchev–Trinajstić information content (AvgIpc) is 3.44. The maximum Gasteiger partial charge on any atom is 0.122 e. The first-order valence-electron chi connectivity index (χ1n) is 33.0. The van der Waals surface area contributed by atoms with Gasteiger partial charge in [0.25, 0.3) is 0 Å². The minimum atomic E-state index is -2.31. The molecule has 0 aromatic heterocycles. The minimum Gasteiger partial charge on any atom is -0.547 e. The van der Waals surface area contributed by atoms with Crippen molar-refractivity contribution in [1.29, 1.82) is 0 Å². The Morgan fingerprint density at radius 2 is 0.506 bits per heavy atom. The Bertz CT molecular complexity index is 1240. The van der Waals surface area contributed by atoms with Crippen LogP contribution in [0.5, 0.6) is 0 Å². The Hall–Kier alpha value is -1.58. The lowest BCUT2D eigenvalue weighted by Crippen LogP contribution is -2.52. The molecule has 0 aliphatic heterocycles. The normalized spacial score (nSPS) is 14.9. The van der Waals surface area contributed by atoms with Crippen LogP contribution < -0.4 is 10.2 Å². The number of hydrogen-bond donors (Lipinski definition) is 10. The first kappa shape index (κ1) is 83.6. The van der Waals surface area contributed by atoms with Gasteiger partial charge in [-0.05, 0) is 25.7 Å². The average molecular weight is 1170 g/mol. The predicted octanol–water partition coefficient (Wildman–Crippen LogP) is 7.14. The largest absolute Gasteiger partial charge is 0.547 e. The van der Waals surface area contributed by atoms with Crippen molar-refractivity contribution in [1.82, 2.24) is 0 Å². The molecule has 17 heteroatoms. The molecule has 10 N–H and O–H groups in total. The molecule has 0 saturated carbocycles. The van der Waals surface area contributed by atoms with Crippen LogP contribution in [0.4, 0.5) is 0 Å². The van der Waals surface area contributed by atoms with Gasteiger partial charge in [0, 0.05) is 0 Å². The fourth-order valence-electron chi connectivity index (χ4n) is 9.86. The summed E-state index contributed by atoms with van der Waals surface area (Å²) in [4.78, 5) is 20.0. The highest BCUT2D eigenvalue weighted by atomic mass is 16.5. The number of carbonyl (C=O) groups excluding carboxylic acids is 2. The van der Waals surface area contributed by atoms with E-state index in [4.69, 9.17) is 55.8 Å². The lowest BCUT2D eigenvalue weighted by molar-refractivity contribution is -0.894. The van der Waals surface area contributed by atoms with Gasteiger partial charge in [-0.15, -0.1) is 0 Å². The lowest BCUT2D eigenvalue weighted by Gasteiger charge is -2.31. The maximum absolute atomic E-state index is 9.98. The molecular weight excluding hydrogens is 1040 g/mol. The minimum absolute atomic E-state index is 0.863. The second-order valence-electron chi connectivity index (χ2n) is 24.8. The molecule has 0 aliphatic rings. The smallest absolute Gasteiger partial charge is 0.122 e. The number of aliphatic hydroxyl groups excluding tert-OH is 10. The van der Waals surface area contributed by atoms with Crippen LogP contribution in [-0.2, 0) is 14.3 Å². The number of ether oxygens (including phenoxy) is 1. The first-order valence-corrected chi connectivity index (χ1v) is 33.0. The fourth-order valence-corrected chi connectivity index (χ4v) is 9.86. The Labute approximate surface area is 495 Å². The molecule has 0 aliphatic carbocycles. The third kappa shape index (κ3) is 56.0. The van der Waals surface area contributed by atoms with Crippen molar-refractivity contribution >= 4 is 11.9 Å². The number of nitrogens with zero attached hydrogens (tertiary/aromatic N) is 2. The highest BCUT2D eigenvalue weighted by Crippen LogP contribution is 2.18. The van der Waals surface area contributed by atoms with Gasteiger partial charge in [0.2, 0.25) is 0 Å². The van der Waals surface area contributed by atoms with Gasteiger partial charge in [0.05, 0.1) is 79.6 Å². The molecule has 0 unspecified atom stereocenters. The standard InChI is InChI=1S/C52H110N2O.2C6H12O7/c1-7-9-11-13-15-17-19-21-23-25-27-29-31-33-35-37-39-41-43-45-47-53(3,4)49-51-55-52-50-54(5,6)48-46-44-42-40-38-36-34-32-30-28-26-24-22-20-18-16-14-12-10-8-2;2*7-1-2(8)3(9)4(10)5(11)6(12)13/h7-52H2,1-6H3;2*2-5,7-11H,1H2,(H,12,13)/q+2;;/p-2/t;2*2-,3-,4+,5-/m.11/s1. The van der Waals surface area contributed by atoms with Crippen molar-refractivity contribution in [2.24, 2.45) is 0 Å². The summed E-state index contributed by atoms with van der Waals surface area (Å²) < 4.78 is 8.38. The van der Waals surface area contributed by atoms with E-state index in [0.29, 0.717) is 0 Å². The topological polar surface area (TPSA) is 292 Å². The van der Waals surface area contributed by atoms with Crippen molar-refractivity contribution in [3.63, 3.8) is 0 Å². The molecule has 0 heterocycles. The molecule has 0 spiro atoms. The second kappa shape index (κ2) is 58.8. The van der Waals surface area contributed by atoms with Crippen LogP contribution in [0.1, 0.15) is 271 Å². The number of aliphatic carboxylic acids is 2. The van der Waals surface area contributed by atoms with Crippen LogP contribution in [-0.4, -0.2) is 202 Å². The summed E-state index contributed by atoms with van der Waals surface area (Å²) in [6.45, 7) is 9.59. The van der Waals surface area contributed by atoms with Crippen molar-refractivity contribution in [3.8, 4) is 0 Å². The van der Waals surface area contributed by atoms with Crippen molar-refractivity contribution in [2.45, 2.75) is 320 Å². The molecule has 0 amide bonds. The summed E-state index contributed by atoms with van der Waals surface area (Å²) in [5, 5.41) is 107. The number of carbonyl (C=O) groups is 2. The van der Waals surface area contributed by atoms with E-state index < -0.39 is 74.0 Å². The van der Waals surface area contributed by atoms with E-state index in [1.807, 2.05) is 0 Å². The number of rotatable bonds is 58. The SMILES string of the molecule is CCCCCCCCCCCCCCCCCCCCCC[N+](C)(C)CCOCC[N+](C)(C)CCCCCCCCCCCCCCCCCCCCCC.O=C([O-])[C@H](O)[C@@H](O)[C@H](O)[C@H](O)CO.O=C([O-])[C@H](O)[C@@H](O)[C@H](O)[C@H](O)CO. The van der Waals surface area contributed by atoms with E-state index in [9.17, 15) is 19.8 Å². The molecule has 0 fully saturated rings. The van der Waals surface area contributed by atoms with E-state index >= 15 is 0 Å². The summed E-state index contributed by atoms with van der Waals surface area (Å²) in [5.74, 6) is -3.95. The Morgan fingerprint density at radius 1 is 0.321 bits per heavy atom. The molecular formula is C64H132N2O15. The number of hydrogen-bond acceptors (Lipinski definition) is 15. The van der Waals surface area contributed by atoms with Crippen molar-refractivity contribution in [2.75, 3.05) is 80.8 Å². The summed E-state index contributed by atoms with van der Waals surface area (Å²) in [5.41, 5.74) is 0. The van der Waals surface area contributed by atoms with Gasteiger partial charge in [0.1, 0.15) is 61.9 Å². The molecule has 488 valence electrons. The molecule has 0 radical (unpaired) electrons. The van der Waals surface area contributed by atoms with Crippen LogP contribution in [0, 0.1) is 0 Å². The second-order valence-corrected chi connectivity index (χ2v) is 24.8. The summed E-state index contributed by atoms with van der Waals surface area (Å²) in [7, 11) is 9.61. The zero-order valence-corrected chi connectivity index (χ0v) is 53.0. The van der Waals surface area contributed by atoms with Crippen molar-refractivity contribution in [3.05, 3.63) is 0 Å². The van der Waals surface area contributed by atoms with Gasteiger partial charge in [-0.2, -0.15) is 0 Å². The Morgan fingerprint density at radius 3 is 0.679 bits per heavy atom. The zero-order chi connectivity index (χ0) is 61.4. The molecule has 0 aromatic rings. The van der Waals surface area contributed by atoms with Gasteiger partial charge in [-0.1, -0.05) is 245 Å². The van der Waals surface area contributed by atoms with E-state index in [2.05, 4.69) is 42.0 Å². The number of carboxylic acid groups (broad SMARTS) is 2. The van der Waals surface area contributed by atoms with Gasteiger partial charge in [0.15, 0.2) is 0 Å². The summed E-state index contributed by atoms with van der Waals surface area (Å²) >= 11 is 0. The highest BCUT2D eigenvalue weighted by molar-refractivity contribution is 5.70. The molecule has 8 atom stereocenters. The quantitative estimate of drug-likeness (QED) is 0.0214. The van der Waals surface area contributed by atoms with E-state index in [-0.39, 0.29) is 0 Å². The molecule has 0 bridgehead atoms. The Balaban J connectivity index is -0.00000190. The predicted molar refractivity (Wildman–Crippen MR) is 323 cm³/mol. The van der Waals surface area contributed by atoms with Crippen LogP contribution in [0.2, 0.25) is 0 Å². The fraction of sp³-hybridized carbons (Fsp3) is 0.969. The summed E-state index contributed by atoms with van der Waals surface area (Å²) in [6, 6.07) is 0. The van der Waals surface area contributed by atoms with Crippen LogP contribution in [0.15, 0.2) is 0 Å². The maximum atomic E-state index is 9.98. The van der Waals surface area contributed by atoms with Crippen LogP contribution >= 0.6 is 0 Å². The molecule has 81 heavy (non-hydrogen) atoms. The number of aliphatic hydroxyl groups is 10. The van der Waals surface area contributed by atoms with Crippen LogP contribution in [0.3, 0.4) is 0 Å². The van der Waals surface area contributed by atoms with Gasteiger partial charge < -0.3 is 84.6 Å². The third-order valence-corrected chi connectivity index (χ3v) is 15.9. The number of quaternary nitrogens is 2. The first-order chi connectivity index (χ1) is 38.7. The lowest BCUT2D eigenvalue weighted by atomic mass is 10.0. The van der Waals surface area contributed by atoms with Gasteiger partial charge >= 0.3 is 0 Å².